The van der Waals surface area contributed by atoms with Crippen LogP contribution in [-0.2, 0) is 0 Å². The topological polar surface area (TPSA) is 24.4 Å². The molecule has 64 valence electrons. The molecule has 0 radical (unpaired) electrons. The largest absolute Gasteiger partial charge is 0.390 e. The molecule has 0 saturated heterocycles. The van der Waals surface area contributed by atoms with Gasteiger partial charge in [-0.15, -0.1) is 0 Å². The monoisotopic (exact) mass is 154 g/mol. The van der Waals surface area contributed by atoms with Gasteiger partial charge in [0, 0.05) is 19.0 Å². The van der Waals surface area contributed by atoms with Crippen LogP contribution in [0.5, 0.6) is 0 Å². The van der Waals surface area contributed by atoms with Crippen LogP contribution in [0, 0.1) is 5.92 Å². The SMILES string of the molecule is CC=N/C(=C(/C)NC)C(C)C. The van der Waals surface area contributed by atoms with Gasteiger partial charge in [0.05, 0.1) is 5.70 Å². The summed E-state index contributed by atoms with van der Waals surface area (Å²) in [5.74, 6) is 0.485. The summed E-state index contributed by atoms with van der Waals surface area (Å²) in [6, 6.07) is 0. The maximum atomic E-state index is 4.29. The van der Waals surface area contributed by atoms with E-state index >= 15 is 0 Å². The van der Waals surface area contributed by atoms with Gasteiger partial charge in [0.2, 0.25) is 0 Å². The summed E-state index contributed by atoms with van der Waals surface area (Å²) < 4.78 is 0. The zero-order valence-electron chi connectivity index (χ0n) is 8.10. The van der Waals surface area contributed by atoms with Crippen LogP contribution in [0.4, 0.5) is 0 Å². The molecular formula is C9H18N2. The standard InChI is InChI=1S/C9H18N2/c1-6-11-9(7(2)3)8(4)10-5/h6-7,10H,1-5H3/b9-8-,11-6?. The average molecular weight is 154 g/mol. The molecule has 0 heterocycles. The van der Waals surface area contributed by atoms with Crippen LogP contribution >= 0.6 is 0 Å². The van der Waals surface area contributed by atoms with Gasteiger partial charge in [0.25, 0.3) is 0 Å². The Morgan fingerprint density at radius 1 is 1.45 bits per heavy atom. The smallest absolute Gasteiger partial charge is 0.0610 e. The lowest BCUT2D eigenvalue weighted by Gasteiger charge is -2.10. The predicted octanol–water partition coefficient (Wildman–Crippen LogP) is 2.18. The van der Waals surface area contributed by atoms with Gasteiger partial charge >= 0.3 is 0 Å². The molecule has 0 amide bonds. The molecule has 0 aliphatic heterocycles. The first-order valence-electron chi connectivity index (χ1n) is 4.00. The lowest BCUT2D eigenvalue weighted by molar-refractivity contribution is 0.728. The Bertz CT molecular complexity index is 166. The van der Waals surface area contributed by atoms with Gasteiger partial charge in [-0.1, -0.05) is 13.8 Å². The summed E-state index contributed by atoms with van der Waals surface area (Å²) in [5, 5.41) is 3.10. The third-order valence-corrected chi connectivity index (χ3v) is 1.57. The lowest BCUT2D eigenvalue weighted by Crippen LogP contribution is -2.08. The molecular weight excluding hydrogens is 136 g/mol. The van der Waals surface area contributed by atoms with E-state index in [0.717, 1.165) is 11.4 Å². The van der Waals surface area contributed by atoms with Gasteiger partial charge < -0.3 is 5.32 Å². The van der Waals surface area contributed by atoms with Crippen molar-refractivity contribution >= 4 is 6.21 Å². The zero-order chi connectivity index (χ0) is 8.85. The van der Waals surface area contributed by atoms with Crippen LogP contribution in [0.1, 0.15) is 27.7 Å². The van der Waals surface area contributed by atoms with Crippen LogP contribution in [-0.4, -0.2) is 13.3 Å². The van der Waals surface area contributed by atoms with E-state index in [9.17, 15) is 0 Å². The number of hydrogen-bond acceptors (Lipinski definition) is 2. The van der Waals surface area contributed by atoms with Crippen LogP contribution < -0.4 is 5.32 Å². The summed E-state index contributed by atoms with van der Waals surface area (Å²) in [4.78, 5) is 4.29. The highest BCUT2D eigenvalue weighted by molar-refractivity contribution is 5.55. The molecule has 0 saturated carbocycles. The first-order valence-corrected chi connectivity index (χ1v) is 4.00. The molecule has 2 nitrogen and oxygen atoms in total. The van der Waals surface area contributed by atoms with Crippen molar-refractivity contribution < 1.29 is 0 Å². The highest BCUT2D eigenvalue weighted by Gasteiger charge is 2.03. The van der Waals surface area contributed by atoms with Gasteiger partial charge in [0.1, 0.15) is 0 Å². The molecule has 0 atom stereocenters. The Labute approximate surface area is 69.4 Å². The van der Waals surface area contributed by atoms with Crippen molar-refractivity contribution in [2.75, 3.05) is 7.05 Å². The van der Waals surface area contributed by atoms with E-state index in [-0.39, 0.29) is 0 Å². The molecule has 0 aliphatic carbocycles. The third-order valence-electron chi connectivity index (χ3n) is 1.57. The van der Waals surface area contributed by atoms with E-state index in [0.29, 0.717) is 5.92 Å². The van der Waals surface area contributed by atoms with Crippen molar-refractivity contribution in [1.29, 1.82) is 0 Å². The second kappa shape index (κ2) is 4.94. The summed E-state index contributed by atoms with van der Waals surface area (Å²) in [6.45, 7) is 8.26. The van der Waals surface area contributed by atoms with Crippen LogP contribution in [0.3, 0.4) is 0 Å². The van der Waals surface area contributed by atoms with E-state index in [1.165, 1.54) is 0 Å². The van der Waals surface area contributed by atoms with Crippen molar-refractivity contribution in [1.82, 2.24) is 5.32 Å². The van der Waals surface area contributed by atoms with Gasteiger partial charge in [-0.05, 0) is 19.8 Å². The first kappa shape index (κ1) is 10.2. The number of aliphatic imine (C=N–C) groups is 1. The minimum atomic E-state index is 0.485. The Kier molecular flexibility index (Phi) is 4.59. The van der Waals surface area contributed by atoms with Crippen molar-refractivity contribution in [3.8, 4) is 0 Å². The summed E-state index contributed by atoms with van der Waals surface area (Å²) >= 11 is 0. The number of hydrogen-bond donors (Lipinski definition) is 1. The fourth-order valence-corrected chi connectivity index (χ4v) is 0.946. The van der Waals surface area contributed by atoms with E-state index in [1.54, 1.807) is 0 Å². The third kappa shape index (κ3) is 3.21. The van der Waals surface area contributed by atoms with E-state index in [2.05, 4.69) is 24.2 Å². The van der Waals surface area contributed by atoms with Crippen molar-refractivity contribution in [2.45, 2.75) is 27.7 Å². The molecule has 0 fully saturated rings. The maximum Gasteiger partial charge on any atom is 0.0610 e. The van der Waals surface area contributed by atoms with Crippen molar-refractivity contribution in [2.24, 2.45) is 10.9 Å². The van der Waals surface area contributed by atoms with Crippen molar-refractivity contribution in [3.05, 3.63) is 11.4 Å². The fourth-order valence-electron chi connectivity index (χ4n) is 0.946. The number of nitrogens with zero attached hydrogens (tertiary/aromatic N) is 1. The molecule has 11 heavy (non-hydrogen) atoms. The Morgan fingerprint density at radius 2 is 2.00 bits per heavy atom. The molecule has 0 spiro atoms. The Morgan fingerprint density at radius 3 is 2.27 bits per heavy atom. The van der Waals surface area contributed by atoms with E-state index in [4.69, 9.17) is 0 Å². The van der Waals surface area contributed by atoms with Crippen molar-refractivity contribution in [3.63, 3.8) is 0 Å². The molecule has 0 aliphatic rings. The average Bonchev–Trinajstić information content (AvgIpc) is 1.98. The molecule has 2 heteroatoms. The Balaban J connectivity index is 4.57. The second-order valence-electron chi connectivity index (χ2n) is 2.80. The fraction of sp³-hybridized carbons (Fsp3) is 0.667. The molecule has 0 bridgehead atoms. The van der Waals surface area contributed by atoms with Crippen LogP contribution in [0.2, 0.25) is 0 Å². The lowest BCUT2D eigenvalue weighted by atomic mass is 10.1. The highest BCUT2D eigenvalue weighted by Crippen LogP contribution is 2.13. The second-order valence-corrected chi connectivity index (χ2v) is 2.80. The molecule has 0 rings (SSSR count). The highest BCUT2D eigenvalue weighted by atomic mass is 14.9. The maximum absolute atomic E-state index is 4.29. The van der Waals surface area contributed by atoms with Crippen LogP contribution in [0.25, 0.3) is 0 Å². The van der Waals surface area contributed by atoms with Gasteiger partial charge in [-0.2, -0.15) is 0 Å². The quantitative estimate of drug-likeness (QED) is 0.619. The zero-order valence-corrected chi connectivity index (χ0v) is 8.10. The summed E-state index contributed by atoms with van der Waals surface area (Å²) in [7, 11) is 1.92. The van der Waals surface area contributed by atoms with Crippen LogP contribution in [0.15, 0.2) is 16.4 Å². The molecule has 0 aromatic carbocycles. The van der Waals surface area contributed by atoms with Gasteiger partial charge in [-0.3, -0.25) is 4.99 Å². The summed E-state index contributed by atoms with van der Waals surface area (Å²) in [6.07, 6.45) is 1.83. The minimum Gasteiger partial charge on any atom is -0.390 e. The minimum absolute atomic E-state index is 0.485. The molecule has 0 unspecified atom stereocenters. The number of nitrogens with one attached hydrogen (secondary N) is 1. The first-order chi connectivity index (χ1) is 5.13. The van der Waals surface area contributed by atoms with E-state index < -0.39 is 0 Å². The van der Waals surface area contributed by atoms with Gasteiger partial charge in [0.15, 0.2) is 0 Å². The van der Waals surface area contributed by atoms with Gasteiger partial charge in [-0.25, -0.2) is 0 Å². The molecule has 1 N–H and O–H groups in total. The number of allylic oxidation sites excluding steroid dienone is 2. The molecule has 0 aromatic rings. The predicted molar refractivity (Wildman–Crippen MR) is 50.8 cm³/mol. The summed E-state index contributed by atoms with van der Waals surface area (Å²) in [5.41, 5.74) is 2.29. The number of rotatable bonds is 3. The molecule has 0 aromatic heterocycles. The van der Waals surface area contributed by atoms with E-state index in [1.807, 2.05) is 27.1 Å². The Hall–Kier alpha value is -0.790. The normalized spacial score (nSPS) is 14.0.